The number of hydrogen-bond donors (Lipinski definition) is 3. The molecule has 2 aliphatic carbocycles. The summed E-state index contributed by atoms with van der Waals surface area (Å²) in [5, 5.41) is 22.4. The van der Waals surface area contributed by atoms with Crippen LogP contribution < -0.4 is 5.32 Å². The van der Waals surface area contributed by atoms with E-state index in [4.69, 9.17) is 4.74 Å². The molecule has 4 atom stereocenters. The number of nitrogens with zero attached hydrogens (tertiary/aromatic N) is 1. The van der Waals surface area contributed by atoms with Crippen molar-refractivity contribution in [1.29, 1.82) is 0 Å². The first-order valence-electron chi connectivity index (χ1n) is 12.1. The van der Waals surface area contributed by atoms with Gasteiger partial charge in [-0.2, -0.15) is 0 Å². The van der Waals surface area contributed by atoms with Gasteiger partial charge in [-0.05, 0) is 42.0 Å². The first kappa shape index (κ1) is 23.4. The highest BCUT2D eigenvalue weighted by Crippen LogP contribution is 2.45. The third-order valence-electron chi connectivity index (χ3n) is 7.91. The van der Waals surface area contributed by atoms with Gasteiger partial charge >= 0.3 is 12.1 Å². The largest absolute Gasteiger partial charge is 0.480 e. The lowest BCUT2D eigenvalue weighted by Crippen LogP contribution is -2.54. The quantitative estimate of drug-likeness (QED) is 0.608. The number of nitrogens with one attached hydrogen (secondary N) is 1. The summed E-state index contributed by atoms with van der Waals surface area (Å²) in [4.78, 5) is 39.2. The molecule has 0 spiro atoms. The fraction of sp³-hybridized carbons (Fsp3) is 0.444. The van der Waals surface area contributed by atoms with Crippen LogP contribution in [-0.4, -0.2) is 64.4 Å². The van der Waals surface area contributed by atoms with Crippen LogP contribution in [0.25, 0.3) is 11.1 Å². The van der Waals surface area contributed by atoms with Crippen LogP contribution in [0.3, 0.4) is 0 Å². The number of likely N-dealkylation sites (tertiary alicyclic amines) is 1. The maximum Gasteiger partial charge on any atom is 0.407 e. The number of hydrogen-bond acceptors (Lipinski definition) is 5. The van der Waals surface area contributed by atoms with Gasteiger partial charge < -0.3 is 25.2 Å². The number of amides is 2. The molecule has 184 valence electrons. The minimum Gasteiger partial charge on any atom is -0.480 e. The molecule has 2 aromatic rings. The zero-order chi connectivity index (χ0) is 24.7. The number of ether oxygens (including phenoxy) is 1. The summed E-state index contributed by atoms with van der Waals surface area (Å²) >= 11 is 0. The van der Waals surface area contributed by atoms with Crippen LogP contribution in [0.15, 0.2) is 48.5 Å². The Labute approximate surface area is 203 Å². The number of carbonyl (C=O) groups is 3. The molecule has 2 amide bonds. The van der Waals surface area contributed by atoms with Crippen molar-refractivity contribution in [2.45, 2.75) is 56.7 Å². The van der Waals surface area contributed by atoms with Gasteiger partial charge in [0.2, 0.25) is 5.91 Å². The van der Waals surface area contributed by atoms with Gasteiger partial charge in [-0.1, -0.05) is 55.0 Å². The van der Waals surface area contributed by atoms with Crippen LogP contribution in [-0.2, 0) is 14.3 Å². The lowest BCUT2D eigenvalue weighted by Gasteiger charge is -2.35. The predicted molar refractivity (Wildman–Crippen MR) is 128 cm³/mol. The average molecular weight is 479 g/mol. The monoisotopic (exact) mass is 478 g/mol. The van der Waals surface area contributed by atoms with Crippen molar-refractivity contribution in [2.75, 3.05) is 13.2 Å². The minimum atomic E-state index is -1.13. The molecule has 2 fully saturated rings. The summed E-state index contributed by atoms with van der Waals surface area (Å²) in [6.07, 6.45) is 0.416. The van der Waals surface area contributed by atoms with E-state index in [-0.39, 0.29) is 31.4 Å². The molecule has 35 heavy (non-hydrogen) atoms. The molecule has 0 radical (unpaired) electrons. The topological polar surface area (TPSA) is 116 Å². The van der Waals surface area contributed by atoms with E-state index in [1.54, 1.807) is 6.92 Å². The van der Waals surface area contributed by atoms with Gasteiger partial charge in [0.25, 0.3) is 0 Å². The Morgan fingerprint density at radius 2 is 1.71 bits per heavy atom. The van der Waals surface area contributed by atoms with E-state index in [2.05, 4.69) is 29.6 Å². The van der Waals surface area contributed by atoms with E-state index in [9.17, 15) is 24.6 Å². The summed E-state index contributed by atoms with van der Waals surface area (Å²) in [7, 11) is 0. The van der Waals surface area contributed by atoms with Gasteiger partial charge in [0.05, 0.1) is 11.5 Å². The molecular weight excluding hydrogens is 448 g/mol. The molecule has 3 N–H and O–H groups in total. The molecule has 5 rings (SSSR count). The third kappa shape index (κ3) is 4.05. The molecule has 2 unspecified atom stereocenters. The average Bonchev–Trinajstić information content (AvgIpc) is 3.51. The molecule has 0 bridgehead atoms. The molecule has 0 aromatic heterocycles. The predicted octanol–water partition coefficient (Wildman–Crippen LogP) is 3.13. The van der Waals surface area contributed by atoms with Crippen LogP contribution >= 0.6 is 0 Å². The van der Waals surface area contributed by atoms with Gasteiger partial charge in [0, 0.05) is 24.9 Å². The van der Waals surface area contributed by atoms with Crippen molar-refractivity contribution in [3.05, 3.63) is 59.7 Å². The fourth-order valence-corrected chi connectivity index (χ4v) is 6.04. The number of rotatable bonds is 5. The Balaban J connectivity index is 1.26. The lowest BCUT2D eigenvalue weighted by atomic mass is 9.83. The number of fused-ring (bicyclic) bond motifs is 3. The first-order chi connectivity index (χ1) is 16.8. The van der Waals surface area contributed by atoms with E-state index in [1.807, 2.05) is 24.3 Å². The fourth-order valence-electron chi connectivity index (χ4n) is 6.04. The van der Waals surface area contributed by atoms with E-state index < -0.39 is 35.7 Å². The third-order valence-corrected chi connectivity index (χ3v) is 7.91. The van der Waals surface area contributed by atoms with E-state index in [1.165, 1.54) is 4.90 Å². The highest BCUT2D eigenvalue weighted by Gasteiger charge is 2.51. The van der Waals surface area contributed by atoms with Gasteiger partial charge in [-0.3, -0.25) is 4.79 Å². The van der Waals surface area contributed by atoms with E-state index in [0.717, 1.165) is 28.7 Å². The van der Waals surface area contributed by atoms with Gasteiger partial charge in [-0.25, -0.2) is 9.59 Å². The van der Waals surface area contributed by atoms with Crippen molar-refractivity contribution in [2.24, 2.45) is 5.41 Å². The molecule has 2 aromatic carbocycles. The Bertz CT molecular complexity index is 1120. The van der Waals surface area contributed by atoms with Crippen LogP contribution in [0.1, 0.15) is 49.7 Å². The van der Waals surface area contributed by atoms with E-state index >= 15 is 0 Å². The van der Waals surface area contributed by atoms with Crippen molar-refractivity contribution in [1.82, 2.24) is 10.2 Å². The summed E-state index contributed by atoms with van der Waals surface area (Å²) in [6.45, 7) is 1.93. The number of carbonyl (C=O) groups excluding carboxylic acids is 2. The molecule has 8 heteroatoms. The van der Waals surface area contributed by atoms with Crippen LogP contribution in [0.5, 0.6) is 0 Å². The maximum atomic E-state index is 13.4. The Morgan fingerprint density at radius 1 is 1.09 bits per heavy atom. The molecule has 1 aliphatic heterocycles. The SMILES string of the molecule is CC1(C(=O)N2C[C@@H](O)C[C@H]2C(=O)O)CCCC1NC(=O)OCC1c2ccccc2-c2ccccc21. The first-order valence-corrected chi connectivity index (χ1v) is 12.1. The summed E-state index contributed by atoms with van der Waals surface area (Å²) in [6, 6.07) is 14.7. The highest BCUT2D eigenvalue weighted by atomic mass is 16.5. The summed E-state index contributed by atoms with van der Waals surface area (Å²) in [5.41, 5.74) is 3.58. The van der Waals surface area contributed by atoms with Crippen molar-refractivity contribution >= 4 is 18.0 Å². The number of aliphatic carboxylic acids is 1. The number of benzene rings is 2. The molecule has 1 saturated heterocycles. The zero-order valence-corrected chi connectivity index (χ0v) is 19.6. The number of aliphatic hydroxyl groups excluding tert-OH is 1. The normalized spacial score (nSPS) is 27.4. The van der Waals surface area contributed by atoms with Crippen LogP contribution in [0.4, 0.5) is 4.79 Å². The second-order valence-electron chi connectivity index (χ2n) is 10.0. The minimum absolute atomic E-state index is 0.0109. The van der Waals surface area contributed by atoms with Gasteiger partial charge in [0.15, 0.2) is 0 Å². The number of β-amino-alcohol motifs (C(OH)–C–C–N with tert-alkyl or cyclic N) is 1. The van der Waals surface area contributed by atoms with Crippen molar-refractivity contribution in [3.63, 3.8) is 0 Å². The molecular formula is C27H30N2O6. The second kappa shape index (κ2) is 9.00. The molecule has 8 nitrogen and oxygen atoms in total. The standard InChI is InChI=1S/C27H30N2O6/c1-27(25(33)29-14-16(30)13-22(29)24(31)32)12-6-11-23(27)28-26(34)35-15-21-19-9-4-2-7-17(19)18-8-3-5-10-20(18)21/h2-5,7-10,16,21-23,30H,6,11-15H2,1H3,(H,28,34)(H,31,32)/t16-,22-,23?,27?/m0/s1. The number of carboxylic acids is 1. The van der Waals surface area contributed by atoms with Crippen LogP contribution in [0, 0.1) is 5.41 Å². The van der Waals surface area contributed by atoms with Crippen LogP contribution in [0.2, 0.25) is 0 Å². The van der Waals surface area contributed by atoms with Gasteiger partial charge in [-0.15, -0.1) is 0 Å². The molecule has 1 saturated carbocycles. The zero-order valence-electron chi connectivity index (χ0n) is 19.6. The molecule has 1 heterocycles. The molecule has 3 aliphatic rings. The van der Waals surface area contributed by atoms with E-state index in [0.29, 0.717) is 12.8 Å². The number of aliphatic hydroxyl groups is 1. The second-order valence-corrected chi connectivity index (χ2v) is 10.0. The maximum absolute atomic E-state index is 13.4. The van der Waals surface area contributed by atoms with Crippen molar-refractivity contribution < 1.29 is 29.3 Å². The Hall–Kier alpha value is -3.39. The Kier molecular flexibility index (Phi) is 6.01. The van der Waals surface area contributed by atoms with Crippen molar-refractivity contribution in [3.8, 4) is 11.1 Å². The summed E-state index contributed by atoms with van der Waals surface area (Å²) in [5.74, 6) is -1.53. The Morgan fingerprint density at radius 3 is 2.34 bits per heavy atom. The lowest BCUT2D eigenvalue weighted by molar-refractivity contribution is -0.153. The number of carboxylic acid groups (broad SMARTS) is 1. The van der Waals surface area contributed by atoms with Gasteiger partial charge in [0.1, 0.15) is 12.6 Å². The number of alkyl carbamates (subject to hydrolysis) is 1. The smallest absolute Gasteiger partial charge is 0.407 e. The highest BCUT2D eigenvalue weighted by molar-refractivity contribution is 5.89. The summed E-state index contributed by atoms with van der Waals surface area (Å²) < 4.78 is 5.67.